The van der Waals surface area contributed by atoms with Crippen LogP contribution in [0.25, 0.3) is 0 Å². The standard InChI is InChI=1S/C62H119NO10/c1-4-7-10-13-16-19-22-24-25-26-27-28-29-30-31-32-35-38-41-44-47-50-57(67)73-60-59(69)58(68)56(51-64)72-62(60)71-52-53(54(65)48-45-42-39-36-33-21-18-15-12-9-6-3)63-61(70)55(66)49-46-43-40-37-34-23-20-17-14-11-8-5-2/h45,48,53-56,58-60,62,64-66,68-69H,4-44,46-47,49-52H2,1-3H3,(H,63,70)/b48-45+. The summed E-state index contributed by atoms with van der Waals surface area (Å²) in [7, 11) is 0. The molecule has 8 atom stereocenters. The van der Waals surface area contributed by atoms with Crippen molar-refractivity contribution in [2.45, 2.75) is 359 Å². The summed E-state index contributed by atoms with van der Waals surface area (Å²) < 4.78 is 17.6. The van der Waals surface area contributed by atoms with Crippen LogP contribution in [0.3, 0.4) is 0 Å². The summed E-state index contributed by atoms with van der Waals surface area (Å²) in [5.74, 6) is -1.18. The zero-order valence-electron chi connectivity index (χ0n) is 47.8. The van der Waals surface area contributed by atoms with E-state index < -0.39 is 67.4 Å². The highest BCUT2D eigenvalue weighted by molar-refractivity contribution is 5.80. The third kappa shape index (κ3) is 39.4. The van der Waals surface area contributed by atoms with E-state index >= 15 is 0 Å². The monoisotopic (exact) mass is 1040 g/mol. The van der Waals surface area contributed by atoms with Crippen molar-refractivity contribution in [3.05, 3.63) is 12.2 Å². The molecule has 0 saturated carbocycles. The Morgan fingerprint density at radius 3 is 1.29 bits per heavy atom. The molecule has 0 spiro atoms. The molecule has 11 heteroatoms. The van der Waals surface area contributed by atoms with Crippen molar-refractivity contribution >= 4 is 11.9 Å². The summed E-state index contributed by atoms with van der Waals surface area (Å²) in [5.41, 5.74) is 0. The summed E-state index contributed by atoms with van der Waals surface area (Å²) in [4.78, 5) is 26.5. The first-order chi connectivity index (χ1) is 35.7. The van der Waals surface area contributed by atoms with Crippen LogP contribution in [0.2, 0.25) is 0 Å². The van der Waals surface area contributed by atoms with Gasteiger partial charge in [0.05, 0.1) is 25.4 Å². The van der Waals surface area contributed by atoms with Gasteiger partial charge < -0.3 is 45.1 Å². The van der Waals surface area contributed by atoms with Crippen LogP contribution in [0.15, 0.2) is 12.2 Å². The van der Waals surface area contributed by atoms with Gasteiger partial charge in [-0.15, -0.1) is 0 Å². The van der Waals surface area contributed by atoms with E-state index in [2.05, 4.69) is 26.1 Å². The highest BCUT2D eigenvalue weighted by Crippen LogP contribution is 2.26. The summed E-state index contributed by atoms with van der Waals surface area (Å²) >= 11 is 0. The van der Waals surface area contributed by atoms with Crippen LogP contribution in [-0.2, 0) is 23.8 Å². The summed E-state index contributed by atoms with van der Waals surface area (Å²) in [5, 5.41) is 56.9. The van der Waals surface area contributed by atoms with Crippen molar-refractivity contribution in [1.82, 2.24) is 5.32 Å². The molecule has 0 aliphatic carbocycles. The second-order valence-electron chi connectivity index (χ2n) is 22.2. The smallest absolute Gasteiger partial charge is 0.306 e. The van der Waals surface area contributed by atoms with E-state index in [0.717, 1.165) is 57.8 Å². The molecule has 6 N–H and O–H groups in total. The third-order valence-electron chi connectivity index (χ3n) is 15.2. The summed E-state index contributed by atoms with van der Waals surface area (Å²) in [6.45, 7) is 5.81. The lowest BCUT2D eigenvalue weighted by Gasteiger charge is -2.41. The minimum Gasteiger partial charge on any atom is -0.454 e. The van der Waals surface area contributed by atoms with Crippen LogP contribution >= 0.6 is 0 Å². The first-order valence-corrected chi connectivity index (χ1v) is 31.5. The van der Waals surface area contributed by atoms with Crippen LogP contribution in [0.1, 0.15) is 310 Å². The van der Waals surface area contributed by atoms with Gasteiger partial charge in [0.2, 0.25) is 5.91 Å². The number of hydrogen-bond acceptors (Lipinski definition) is 10. The fraction of sp³-hybridized carbons (Fsp3) is 0.935. The Morgan fingerprint density at radius 2 is 0.890 bits per heavy atom. The van der Waals surface area contributed by atoms with E-state index in [-0.39, 0.29) is 13.0 Å². The Balaban J connectivity index is 2.60. The zero-order valence-corrected chi connectivity index (χ0v) is 47.8. The molecule has 1 aliphatic rings. The number of rotatable bonds is 54. The molecule has 1 fully saturated rings. The average molecular weight is 1040 g/mol. The van der Waals surface area contributed by atoms with Gasteiger partial charge in [-0.05, 0) is 25.7 Å². The van der Waals surface area contributed by atoms with Crippen molar-refractivity contribution in [2.24, 2.45) is 0 Å². The normalized spacial score (nSPS) is 19.4. The first-order valence-electron chi connectivity index (χ1n) is 31.5. The molecule has 1 aliphatic heterocycles. The van der Waals surface area contributed by atoms with E-state index in [1.807, 2.05) is 6.08 Å². The zero-order chi connectivity index (χ0) is 53.3. The molecule has 0 aromatic heterocycles. The maximum atomic E-state index is 13.4. The molecule has 0 aromatic carbocycles. The highest BCUT2D eigenvalue weighted by atomic mass is 16.7. The number of carbonyl (C=O) groups is 2. The Hall–Kier alpha value is -1.60. The number of aliphatic hydroxyl groups is 5. The van der Waals surface area contributed by atoms with E-state index in [0.29, 0.717) is 19.3 Å². The number of ether oxygens (including phenoxy) is 3. The molecule has 0 aromatic rings. The van der Waals surface area contributed by atoms with Gasteiger partial charge >= 0.3 is 5.97 Å². The SMILES string of the molecule is CCCCCCCCCCC/C=C/C(O)C(COC1OC(CO)C(O)C(O)C1OC(=O)CCCCCCCCCCCCCCCCCCCCCCC)NC(=O)C(O)CCCCCCCCCCCCCC. The van der Waals surface area contributed by atoms with Crippen molar-refractivity contribution in [1.29, 1.82) is 0 Å². The van der Waals surface area contributed by atoms with Crippen molar-refractivity contribution in [2.75, 3.05) is 13.2 Å². The maximum absolute atomic E-state index is 13.4. The van der Waals surface area contributed by atoms with E-state index in [9.17, 15) is 35.1 Å². The Kier molecular flexibility index (Phi) is 48.7. The van der Waals surface area contributed by atoms with Gasteiger partial charge in [0, 0.05) is 6.42 Å². The minimum absolute atomic E-state index is 0.132. The summed E-state index contributed by atoms with van der Waals surface area (Å²) in [6, 6.07) is -1.01. The lowest BCUT2D eigenvalue weighted by atomic mass is 9.99. The molecule has 0 radical (unpaired) electrons. The molecule has 1 saturated heterocycles. The minimum atomic E-state index is -1.61. The fourth-order valence-electron chi connectivity index (χ4n) is 10.2. The van der Waals surface area contributed by atoms with Gasteiger partial charge in [0.1, 0.15) is 24.4 Å². The molecule has 1 rings (SSSR count). The number of amides is 1. The predicted octanol–water partition coefficient (Wildman–Crippen LogP) is 14.7. The number of nitrogens with one attached hydrogen (secondary N) is 1. The third-order valence-corrected chi connectivity index (χ3v) is 15.2. The van der Waals surface area contributed by atoms with Crippen LogP contribution < -0.4 is 5.32 Å². The molecule has 73 heavy (non-hydrogen) atoms. The molecule has 0 bridgehead atoms. The van der Waals surface area contributed by atoms with Crippen LogP contribution in [-0.4, -0.2) is 99.6 Å². The van der Waals surface area contributed by atoms with Crippen LogP contribution in [0, 0.1) is 0 Å². The van der Waals surface area contributed by atoms with E-state index in [1.165, 1.54) is 205 Å². The lowest BCUT2D eigenvalue weighted by molar-refractivity contribution is -0.305. The number of hydrogen-bond donors (Lipinski definition) is 6. The quantitative estimate of drug-likeness (QED) is 0.0195. The fourth-order valence-corrected chi connectivity index (χ4v) is 10.2. The highest BCUT2D eigenvalue weighted by Gasteiger charge is 2.47. The topological polar surface area (TPSA) is 175 Å². The van der Waals surface area contributed by atoms with Gasteiger partial charge in [-0.25, -0.2) is 0 Å². The number of unbranched alkanes of at least 4 members (excludes halogenated alkanes) is 40. The molecular weight excluding hydrogens is 919 g/mol. The van der Waals surface area contributed by atoms with Gasteiger partial charge in [-0.3, -0.25) is 9.59 Å². The van der Waals surface area contributed by atoms with E-state index in [1.54, 1.807) is 6.08 Å². The predicted molar refractivity (Wildman–Crippen MR) is 301 cm³/mol. The van der Waals surface area contributed by atoms with Crippen molar-refractivity contribution in [3.63, 3.8) is 0 Å². The van der Waals surface area contributed by atoms with Gasteiger partial charge in [-0.1, -0.05) is 290 Å². The Bertz CT molecular complexity index is 1240. The number of esters is 1. The Labute approximate surface area is 448 Å². The van der Waals surface area contributed by atoms with Crippen molar-refractivity contribution < 1.29 is 49.3 Å². The first kappa shape index (κ1) is 69.4. The summed E-state index contributed by atoms with van der Waals surface area (Å²) in [6.07, 6.45) is 46.9. The van der Waals surface area contributed by atoms with E-state index in [4.69, 9.17) is 14.2 Å². The van der Waals surface area contributed by atoms with Crippen LogP contribution in [0.5, 0.6) is 0 Å². The number of allylic oxidation sites excluding steroid dienone is 1. The molecule has 1 amide bonds. The maximum Gasteiger partial charge on any atom is 0.306 e. The van der Waals surface area contributed by atoms with Gasteiger partial charge in [0.25, 0.3) is 0 Å². The number of carbonyl (C=O) groups excluding carboxylic acids is 2. The largest absolute Gasteiger partial charge is 0.454 e. The molecular formula is C62H119NO10. The molecule has 432 valence electrons. The molecule has 8 unspecified atom stereocenters. The molecule has 1 heterocycles. The van der Waals surface area contributed by atoms with Crippen LogP contribution in [0.4, 0.5) is 0 Å². The lowest BCUT2D eigenvalue weighted by Crippen LogP contribution is -2.61. The average Bonchev–Trinajstić information content (AvgIpc) is 3.39. The molecule has 11 nitrogen and oxygen atoms in total. The van der Waals surface area contributed by atoms with Crippen molar-refractivity contribution in [3.8, 4) is 0 Å². The Morgan fingerprint density at radius 1 is 0.521 bits per heavy atom. The second-order valence-corrected chi connectivity index (χ2v) is 22.2. The second kappa shape index (κ2) is 51.2. The number of aliphatic hydroxyl groups excluding tert-OH is 5. The van der Waals surface area contributed by atoms with Gasteiger partial charge in [-0.2, -0.15) is 0 Å². The van der Waals surface area contributed by atoms with Gasteiger partial charge in [0.15, 0.2) is 12.4 Å².